The zero-order chi connectivity index (χ0) is 37.8. The highest BCUT2D eigenvalue weighted by Gasteiger charge is 2.46. The molecule has 0 spiro atoms. The zero-order valence-electron chi connectivity index (χ0n) is 31.1. The van der Waals surface area contributed by atoms with Gasteiger partial charge in [-0.3, -0.25) is 0 Å². The summed E-state index contributed by atoms with van der Waals surface area (Å²) < 4.78 is 1.15. The fourth-order valence-electron chi connectivity index (χ4n) is 9.01. The standard InChI is InChI=1S/C54H36N2S/c1-4-15-37(16-5-1)38-27-29-40(30-28-38)53-55-50-34-32-44(36-52(50)57-53)56(51-26-14-18-39-17-10-11-23-45(39)51)43-31-33-47-46-24-12-13-25-48(46)54(49(47)35-43,41-19-6-2-7-20-41)42-21-8-3-9-22-42/h1-36H. The van der Waals surface area contributed by atoms with Gasteiger partial charge < -0.3 is 4.90 Å². The molecule has 1 aromatic heterocycles. The molecule has 0 radical (unpaired) electrons. The average Bonchev–Trinajstić information content (AvgIpc) is 3.85. The molecular formula is C54H36N2S. The van der Waals surface area contributed by atoms with Crippen LogP contribution in [0.4, 0.5) is 17.1 Å². The van der Waals surface area contributed by atoms with E-state index in [1.54, 1.807) is 11.3 Å². The molecule has 11 rings (SSSR count). The molecule has 1 aliphatic rings. The van der Waals surface area contributed by atoms with Gasteiger partial charge in [-0.1, -0.05) is 182 Å². The number of hydrogen-bond acceptors (Lipinski definition) is 3. The van der Waals surface area contributed by atoms with Crippen LogP contribution in [0.3, 0.4) is 0 Å². The Morgan fingerprint density at radius 3 is 1.77 bits per heavy atom. The van der Waals surface area contributed by atoms with Crippen LogP contribution in [0.25, 0.3) is 53.8 Å². The van der Waals surface area contributed by atoms with E-state index in [0.29, 0.717) is 0 Å². The zero-order valence-corrected chi connectivity index (χ0v) is 31.9. The first-order chi connectivity index (χ1) is 28.3. The van der Waals surface area contributed by atoms with Gasteiger partial charge in [0.25, 0.3) is 0 Å². The van der Waals surface area contributed by atoms with Crippen LogP contribution in [0, 0.1) is 0 Å². The van der Waals surface area contributed by atoms with E-state index in [2.05, 4.69) is 223 Å². The van der Waals surface area contributed by atoms with Gasteiger partial charge in [0.15, 0.2) is 0 Å². The molecule has 0 amide bonds. The molecule has 1 aliphatic carbocycles. The maximum Gasteiger partial charge on any atom is 0.124 e. The van der Waals surface area contributed by atoms with Crippen molar-refractivity contribution < 1.29 is 0 Å². The number of fused-ring (bicyclic) bond motifs is 5. The Balaban J connectivity index is 1.10. The average molecular weight is 745 g/mol. The molecule has 0 unspecified atom stereocenters. The maximum atomic E-state index is 5.14. The molecular weight excluding hydrogens is 709 g/mol. The fraction of sp³-hybridized carbons (Fsp3) is 0.0185. The fourth-order valence-corrected chi connectivity index (χ4v) is 10.0. The SMILES string of the molecule is c1ccc(-c2ccc(-c3nc4ccc(N(c5ccc6c(c5)C(c5ccccc5)(c5ccccc5)c5ccccc5-6)c5cccc6ccccc56)cc4s3)cc2)cc1. The smallest absolute Gasteiger partial charge is 0.124 e. The quantitative estimate of drug-likeness (QED) is 0.162. The molecule has 3 heteroatoms. The van der Waals surface area contributed by atoms with Gasteiger partial charge in [-0.05, 0) is 86.3 Å². The molecule has 0 aliphatic heterocycles. The van der Waals surface area contributed by atoms with Gasteiger partial charge in [0.05, 0.1) is 21.3 Å². The van der Waals surface area contributed by atoms with Crippen LogP contribution in [0.15, 0.2) is 218 Å². The topological polar surface area (TPSA) is 16.1 Å². The molecule has 0 atom stereocenters. The lowest BCUT2D eigenvalue weighted by atomic mass is 9.67. The number of nitrogens with zero attached hydrogens (tertiary/aromatic N) is 2. The van der Waals surface area contributed by atoms with Gasteiger partial charge in [-0.25, -0.2) is 4.98 Å². The van der Waals surface area contributed by atoms with E-state index in [0.717, 1.165) is 37.8 Å². The van der Waals surface area contributed by atoms with E-state index in [9.17, 15) is 0 Å². The van der Waals surface area contributed by atoms with Crippen molar-refractivity contribution in [2.75, 3.05) is 4.90 Å². The van der Waals surface area contributed by atoms with Crippen molar-refractivity contribution in [1.82, 2.24) is 4.98 Å². The van der Waals surface area contributed by atoms with Gasteiger partial charge in [-0.2, -0.15) is 0 Å². The number of benzene rings is 9. The van der Waals surface area contributed by atoms with Gasteiger partial charge in [-0.15, -0.1) is 11.3 Å². The van der Waals surface area contributed by atoms with Crippen LogP contribution in [-0.4, -0.2) is 4.98 Å². The first-order valence-electron chi connectivity index (χ1n) is 19.5. The second-order valence-corrected chi connectivity index (χ2v) is 15.7. The van der Waals surface area contributed by atoms with Crippen LogP contribution < -0.4 is 4.90 Å². The van der Waals surface area contributed by atoms with E-state index in [1.165, 1.54) is 55.3 Å². The predicted molar refractivity (Wildman–Crippen MR) is 240 cm³/mol. The van der Waals surface area contributed by atoms with Crippen molar-refractivity contribution in [3.05, 3.63) is 241 Å². The maximum absolute atomic E-state index is 5.14. The van der Waals surface area contributed by atoms with Crippen molar-refractivity contribution in [1.29, 1.82) is 0 Å². The summed E-state index contributed by atoms with van der Waals surface area (Å²) in [4.78, 5) is 7.58. The molecule has 0 saturated heterocycles. The highest BCUT2D eigenvalue weighted by molar-refractivity contribution is 7.21. The highest BCUT2D eigenvalue weighted by Crippen LogP contribution is 2.57. The molecule has 0 saturated carbocycles. The molecule has 1 heterocycles. The lowest BCUT2D eigenvalue weighted by Crippen LogP contribution is -2.28. The summed E-state index contributed by atoms with van der Waals surface area (Å²) in [7, 11) is 0. The van der Waals surface area contributed by atoms with Crippen molar-refractivity contribution in [3.8, 4) is 32.8 Å². The molecule has 0 N–H and O–H groups in total. The van der Waals surface area contributed by atoms with E-state index in [1.807, 2.05) is 0 Å². The van der Waals surface area contributed by atoms with E-state index < -0.39 is 5.41 Å². The highest BCUT2D eigenvalue weighted by atomic mass is 32.1. The summed E-state index contributed by atoms with van der Waals surface area (Å²) in [5.41, 5.74) is 15.0. The summed E-state index contributed by atoms with van der Waals surface area (Å²) in [6.45, 7) is 0. The van der Waals surface area contributed by atoms with Crippen LogP contribution >= 0.6 is 11.3 Å². The minimum atomic E-state index is -0.499. The Morgan fingerprint density at radius 1 is 0.421 bits per heavy atom. The number of anilines is 3. The Labute approximate surface area is 336 Å². The summed E-state index contributed by atoms with van der Waals surface area (Å²) in [6, 6.07) is 79.5. The Morgan fingerprint density at radius 2 is 1.00 bits per heavy atom. The Hall–Kier alpha value is -7.07. The molecule has 0 fully saturated rings. The van der Waals surface area contributed by atoms with Crippen molar-refractivity contribution in [3.63, 3.8) is 0 Å². The predicted octanol–water partition coefficient (Wildman–Crippen LogP) is 14.6. The van der Waals surface area contributed by atoms with Crippen LogP contribution in [0.1, 0.15) is 22.3 Å². The number of hydrogen-bond donors (Lipinski definition) is 0. The summed E-state index contributed by atoms with van der Waals surface area (Å²) >= 11 is 1.75. The summed E-state index contributed by atoms with van der Waals surface area (Å²) in [6.07, 6.45) is 0. The van der Waals surface area contributed by atoms with Gasteiger partial charge in [0.2, 0.25) is 0 Å². The third kappa shape index (κ3) is 5.43. The summed E-state index contributed by atoms with van der Waals surface area (Å²) in [5, 5.41) is 3.42. The first-order valence-corrected chi connectivity index (χ1v) is 20.3. The molecule has 0 bridgehead atoms. The first kappa shape index (κ1) is 33.3. The minimum absolute atomic E-state index is 0.499. The Bertz CT molecular complexity index is 3020. The molecule has 9 aromatic carbocycles. The van der Waals surface area contributed by atoms with Crippen LogP contribution in [-0.2, 0) is 5.41 Å². The van der Waals surface area contributed by atoms with Crippen LogP contribution in [0.2, 0.25) is 0 Å². The van der Waals surface area contributed by atoms with E-state index in [4.69, 9.17) is 4.98 Å². The van der Waals surface area contributed by atoms with Crippen molar-refractivity contribution in [2.45, 2.75) is 5.41 Å². The molecule has 2 nitrogen and oxygen atoms in total. The number of aromatic nitrogens is 1. The second-order valence-electron chi connectivity index (χ2n) is 14.7. The Kier molecular flexibility index (Phi) is 7.94. The lowest BCUT2D eigenvalue weighted by Gasteiger charge is -2.35. The second kappa shape index (κ2) is 13.6. The lowest BCUT2D eigenvalue weighted by molar-refractivity contribution is 0.768. The normalized spacial score (nSPS) is 12.7. The molecule has 10 aromatic rings. The van der Waals surface area contributed by atoms with Crippen molar-refractivity contribution >= 4 is 49.4 Å². The van der Waals surface area contributed by atoms with E-state index in [-0.39, 0.29) is 0 Å². The minimum Gasteiger partial charge on any atom is -0.310 e. The number of thiazole rings is 1. The molecule has 268 valence electrons. The van der Waals surface area contributed by atoms with Gasteiger partial charge >= 0.3 is 0 Å². The third-order valence-electron chi connectivity index (χ3n) is 11.6. The monoisotopic (exact) mass is 744 g/mol. The van der Waals surface area contributed by atoms with Crippen LogP contribution in [0.5, 0.6) is 0 Å². The third-order valence-corrected chi connectivity index (χ3v) is 12.6. The van der Waals surface area contributed by atoms with Gasteiger partial charge in [0.1, 0.15) is 5.01 Å². The summed E-state index contributed by atoms with van der Waals surface area (Å²) in [5.74, 6) is 0. The molecule has 57 heavy (non-hydrogen) atoms. The van der Waals surface area contributed by atoms with E-state index >= 15 is 0 Å². The largest absolute Gasteiger partial charge is 0.310 e. The number of rotatable bonds is 7. The van der Waals surface area contributed by atoms with Crippen molar-refractivity contribution in [2.24, 2.45) is 0 Å². The van der Waals surface area contributed by atoms with Gasteiger partial charge in [0, 0.05) is 22.3 Å².